The number of esters is 2. The molecule has 1 heterocycles. The molecular weight excluding hydrogens is 168 g/mol. The highest BCUT2D eigenvalue weighted by Gasteiger charge is 2.59. The molecule has 0 aromatic rings. The zero-order chi connectivity index (χ0) is 9.05. The highest BCUT2D eigenvalue weighted by atomic mass is 16.6. The average Bonchev–Trinajstić information content (AvgIpc) is 2.68. The molecule has 2 fully saturated rings. The van der Waals surface area contributed by atoms with E-state index in [1.165, 1.54) is 0 Å². The van der Waals surface area contributed by atoms with Gasteiger partial charge >= 0.3 is 11.9 Å². The SMILES string of the molecule is O=C1CC2(CC3C=CC2C3)C(=O)O1. The first-order valence-electron chi connectivity index (χ1n) is 4.64. The van der Waals surface area contributed by atoms with Gasteiger partial charge in [0, 0.05) is 0 Å². The van der Waals surface area contributed by atoms with Crippen molar-refractivity contribution < 1.29 is 14.3 Å². The third-order valence-corrected chi connectivity index (χ3v) is 3.58. The molecule has 0 radical (unpaired) electrons. The molecule has 2 aliphatic carbocycles. The predicted molar refractivity (Wildman–Crippen MR) is 43.5 cm³/mol. The Hall–Kier alpha value is -1.12. The molecule has 3 aliphatic rings. The molecule has 13 heavy (non-hydrogen) atoms. The third kappa shape index (κ3) is 0.747. The van der Waals surface area contributed by atoms with Crippen molar-refractivity contribution in [2.75, 3.05) is 0 Å². The first-order chi connectivity index (χ1) is 6.21. The molecule has 68 valence electrons. The minimum absolute atomic E-state index is 0.261. The van der Waals surface area contributed by atoms with E-state index in [1.807, 2.05) is 0 Å². The molecule has 3 unspecified atom stereocenters. The molecule has 3 heteroatoms. The van der Waals surface area contributed by atoms with Crippen LogP contribution in [0.25, 0.3) is 0 Å². The van der Waals surface area contributed by atoms with Crippen molar-refractivity contribution in [2.24, 2.45) is 17.3 Å². The summed E-state index contributed by atoms with van der Waals surface area (Å²) >= 11 is 0. The van der Waals surface area contributed by atoms with Gasteiger partial charge in [-0.05, 0) is 24.7 Å². The zero-order valence-corrected chi connectivity index (χ0v) is 7.16. The molecule has 1 spiro atoms. The topological polar surface area (TPSA) is 43.4 Å². The Bertz CT molecular complexity index is 331. The lowest BCUT2D eigenvalue weighted by Crippen LogP contribution is -2.30. The number of allylic oxidation sites excluding steroid dienone is 2. The quantitative estimate of drug-likeness (QED) is 0.316. The van der Waals surface area contributed by atoms with Crippen LogP contribution in [0, 0.1) is 17.3 Å². The van der Waals surface area contributed by atoms with Gasteiger partial charge < -0.3 is 4.74 Å². The normalized spacial score (nSPS) is 46.5. The summed E-state index contributed by atoms with van der Waals surface area (Å²) in [4.78, 5) is 22.5. The Kier molecular flexibility index (Phi) is 1.14. The van der Waals surface area contributed by atoms with Crippen LogP contribution in [0.4, 0.5) is 0 Å². The number of hydrogen-bond donors (Lipinski definition) is 0. The molecule has 0 aromatic heterocycles. The number of rotatable bonds is 0. The number of fused-ring (bicyclic) bond motifs is 3. The summed E-state index contributed by atoms with van der Waals surface area (Å²) in [6.45, 7) is 0. The van der Waals surface area contributed by atoms with E-state index in [4.69, 9.17) is 0 Å². The fourth-order valence-corrected chi connectivity index (χ4v) is 2.96. The summed E-state index contributed by atoms with van der Waals surface area (Å²) < 4.78 is 4.64. The third-order valence-electron chi connectivity index (χ3n) is 3.58. The zero-order valence-electron chi connectivity index (χ0n) is 7.16. The minimum atomic E-state index is -0.462. The summed E-state index contributed by atoms with van der Waals surface area (Å²) in [5.74, 6) is 0.139. The minimum Gasteiger partial charge on any atom is -0.393 e. The Morgan fingerprint density at radius 3 is 2.69 bits per heavy atom. The fraction of sp³-hybridized carbons (Fsp3) is 0.600. The van der Waals surface area contributed by atoms with Gasteiger partial charge in [0.25, 0.3) is 0 Å². The van der Waals surface area contributed by atoms with E-state index in [2.05, 4.69) is 16.9 Å². The molecule has 1 aliphatic heterocycles. The predicted octanol–water partition coefficient (Wildman–Crippen LogP) is 1.04. The van der Waals surface area contributed by atoms with Gasteiger partial charge in [-0.15, -0.1) is 0 Å². The largest absolute Gasteiger partial charge is 0.393 e. The first-order valence-corrected chi connectivity index (χ1v) is 4.64. The summed E-state index contributed by atoms with van der Waals surface area (Å²) in [6, 6.07) is 0. The summed E-state index contributed by atoms with van der Waals surface area (Å²) in [6.07, 6.45) is 6.39. The van der Waals surface area contributed by atoms with E-state index in [1.54, 1.807) is 0 Å². The summed E-state index contributed by atoms with van der Waals surface area (Å²) in [5, 5.41) is 0. The van der Waals surface area contributed by atoms with Gasteiger partial charge in [0.15, 0.2) is 0 Å². The summed E-state index contributed by atoms with van der Waals surface area (Å²) in [5.41, 5.74) is -0.462. The standard InChI is InChI=1S/C10H10O3/c11-8-5-10(9(12)13-8)4-6-1-2-7(10)3-6/h1-2,6-7H,3-5H2. The second kappa shape index (κ2) is 2.03. The van der Waals surface area contributed by atoms with Crippen molar-refractivity contribution in [1.82, 2.24) is 0 Å². The second-order valence-electron chi connectivity index (χ2n) is 4.29. The van der Waals surface area contributed by atoms with Crippen LogP contribution in [0.15, 0.2) is 12.2 Å². The molecule has 3 nitrogen and oxygen atoms in total. The van der Waals surface area contributed by atoms with Crippen molar-refractivity contribution >= 4 is 11.9 Å². The Labute approximate surface area is 75.8 Å². The number of carbonyl (C=O) groups excluding carboxylic acids is 2. The van der Waals surface area contributed by atoms with Crippen LogP contribution < -0.4 is 0 Å². The number of hydrogen-bond acceptors (Lipinski definition) is 3. The lowest BCUT2D eigenvalue weighted by atomic mass is 9.75. The maximum absolute atomic E-state index is 11.5. The fourth-order valence-electron chi connectivity index (χ4n) is 2.96. The second-order valence-corrected chi connectivity index (χ2v) is 4.29. The van der Waals surface area contributed by atoms with E-state index >= 15 is 0 Å². The highest BCUT2D eigenvalue weighted by molar-refractivity contribution is 5.98. The van der Waals surface area contributed by atoms with Gasteiger partial charge in [0.1, 0.15) is 0 Å². The van der Waals surface area contributed by atoms with Crippen molar-refractivity contribution in [3.8, 4) is 0 Å². The number of carbonyl (C=O) groups is 2. The highest BCUT2D eigenvalue weighted by Crippen LogP contribution is 2.56. The van der Waals surface area contributed by atoms with Crippen LogP contribution in [-0.4, -0.2) is 11.9 Å². The van der Waals surface area contributed by atoms with E-state index in [0.717, 1.165) is 12.8 Å². The van der Waals surface area contributed by atoms with Crippen LogP contribution in [-0.2, 0) is 14.3 Å². The monoisotopic (exact) mass is 178 g/mol. The molecule has 0 amide bonds. The Morgan fingerprint density at radius 1 is 1.38 bits per heavy atom. The summed E-state index contributed by atoms with van der Waals surface area (Å²) in [7, 11) is 0. The van der Waals surface area contributed by atoms with Gasteiger partial charge in [-0.3, -0.25) is 9.59 Å². The van der Waals surface area contributed by atoms with Crippen molar-refractivity contribution in [2.45, 2.75) is 19.3 Å². The van der Waals surface area contributed by atoms with E-state index in [9.17, 15) is 9.59 Å². The van der Waals surface area contributed by atoms with Crippen molar-refractivity contribution in [3.05, 3.63) is 12.2 Å². The van der Waals surface area contributed by atoms with E-state index in [-0.39, 0.29) is 17.9 Å². The van der Waals surface area contributed by atoms with E-state index in [0.29, 0.717) is 12.3 Å². The molecule has 1 saturated carbocycles. The van der Waals surface area contributed by atoms with Crippen LogP contribution in [0.5, 0.6) is 0 Å². The molecule has 0 N–H and O–H groups in total. The Balaban J connectivity index is 2.03. The molecule has 3 rings (SSSR count). The van der Waals surface area contributed by atoms with Gasteiger partial charge in [-0.2, -0.15) is 0 Å². The number of ether oxygens (including phenoxy) is 1. The van der Waals surface area contributed by atoms with Gasteiger partial charge in [0.05, 0.1) is 11.8 Å². The van der Waals surface area contributed by atoms with Gasteiger partial charge in [-0.1, -0.05) is 12.2 Å². The van der Waals surface area contributed by atoms with Crippen LogP contribution in [0.3, 0.4) is 0 Å². The van der Waals surface area contributed by atoms with Gasteiger partial charge in [0.2, 0.25) is 0 Å². The molecule has 0 aromatic carbocycles. The molecule has 1 saturated heterocycles. The molecule has 3 atom stereocenters. The maximum Gasteiger partial charge on any atom is 0.320 e. The van der Waals surface area contributed by atoms with E-state index < -0.39 is 5.41 Å². The molecule has 2 bridgehead atoms. The lowest BCUT2D eigenvalue weighted by Gasteiger charge is -2.24. The van der Waals surface area contributed by atoms with Crippen LogP contribution in [0.2, 0.25) is 0 Å². The van der Waals surface area contributed by atoms with Crippen LogP contribution >= 0.6 is 0 Å². The van der Waals surface area contributed by atoms with Gasteiger partial charge in [-0.25, -0.2) is 0 Å². The first kappa shape index (κ1) is 7.30. The van der Waals surface area contributed by atoms with Crippen LogP contribution in [0.1, 0.15) is 19.3 Å². The van der Waals surface area contributed by atoms with Crippen molar-refractivity contribution in [1.29, 1.82) is 0 Å². The van der Waals surface area contributed by atoms with Crippen molar-refractivity contribution in [3.63, 3.8) is 0 Å². The average molecular weight is 178 g/mol. The lowest BCUT2D eigenvalue weighted by molar-refractivity contribution is -0.155. The maximum atomic E-state index is 11.5. The molecular formula is C10H10O3. The smallest absolute Gasteiger partial charge is 0.320 e. The number of cyclic esters (lactones) is 2. The Morgan fingerprint density at radius 2 is 2.23 bits per heavy atom.